The third-order valence-electron chi connectivity index (χ3n) is 2.60. The second-order valence-electron chi connectivity index (χ2n) is 5.00. The number of benzene rings is 1. The lowest BCUT2D eigenvalue weighted by molar-refractivity contribution is 0.338. The maximum absolute atomic E-state index is 5.71. The van der Waals surface area contributed by atoms with Crippen LogP contribution in [0.2, 0.25) is 0 Å². The summed E-state index contributed by atoms with van der Waals surface area (Å²) in [7, 11) is 0. The molecule has 0 saturated heterocycles. The minimum atomic E-state index is 0.546. The normalized spacial score (nSPS) is 10.9. The van der Waals surface area contributed by atoms with E-state index in [1.807, 2.05) is 31.2 Å². The largest absolute Gasteiger partial charge is 0.494 e. The van der Waals surface area contributed by atoms with Crippen molar-refractivity contribution in [2.45, 2.75) is 27.3 Å². The Kier molecular flexibility index (Phi) is 5.95. The Balaban J connectivity index is 1.91. The fourth-order valence-corrected chi connectivity index (χ4v) is 2.39. The van der Waals surface area contributed by atoms with E-state index in [4.69, 9.17) is 9.47 Å². The van der Waals surface area contributed by atoms with Crippen LogP contribution in [0.15, 0.2) is 24.3 Å². The molecule has 0 bridgehead atoms. The molecule has 0 aliphatic carbocycles. The van der Waals surface area contributed by atoms with E-state index in [1.165, 1.54) is 11.3 Å². The first kappa shape index (κ1) is 15.7. The summed E-state index contributed by atoms with van der Waals surface area (Å²) >= 11 is 1.45. The molecule has 1 heterocycles. The fraction of sp³-hybridized carbons (Fsp3) is 0.467. The van der Waals surface area contributed by atoms with Gasteiger partial charge >= 0.3 is 0 Å². The highest BCUT2D eigenvalue weighted by molar-refractivity contribution is 7.13. The van der Waals surface area contributed by atoms with Gasteiger partial charge in [-0.2, -0.15) is 0 Å². The fourth-order valence-electron chi connectivity index (χ4n) is 1.71. The molecule has 1 aromatic carbocycles. The Morgan fingerprint density at radius 1 is 1.24 bits per heavy atom. The lowest BCUT2D eigenvalue weighted by atomic mass is 10.2. The number of nitrogens with zero attached hydrogens (tertiary/aromatic N) is 2. The minimum Gasteiger partial charge on any atom is -0.494 e. The zero-order chi connectivity index (χ0) is 15.1. The molecule has 0 atom stereocenters. The number of rotatable bonds is 8. The molecule has 2 aromatic rings. The first-order chi connectivity index (χ1) is 10.2. The summed E-state index contributed by atoms with van der Waals surface area (Å²) in [5.41, 5.74) is 0. The van der Waals surface area contributed by atoms with Crippen molar-refractivity contribution in [3.63, 3.8) is 0 Å². The van der Waals surface area contributed by atoms with Crippen LogP contribution < -0.4 is 14.8 Å². The molecule has 6 heteroatoms. The van der Waals surface area contributed by atoms with Crippen molar-refractivity contribution >= 4 is 11.3 Å². The summed E-state index contributed by atoms with van der Waals surface area (Å²) in [6, 6.07) is 7.52. The number of aromatic nitrogens is 2. The molecule has 0 spiro atoms. The van der Waals surface area contributed by atoms with Crippen molar-refractivity contribution in [1.29, 1.82) is 0 Å². The highest BCUT2D eigenvalue weighted by Gasteiger charge is 2.07. The number of nitrogens with one attached hydrogen (secondary N) is 1. The van der Waals surface area contributed by atoms with Gasteiger partial charge in [0.15, 0.2) is 0 Å². The molecule has 0 radical (unpaired) electrons. The van der Waals surface area contributed by atoms with Gasteiger partial charge < -0.3 is 14.8 Å². The zero-order valence-corrected chi connectivity index (χ0v) is 13.4. The summed E-state index contributed by atoms with van der Waals surface area (Å²) in [5, 5.41) is 13.0. The van der Waals surface area contributed by atoms with Gasteiger partial charge in [0.05, 0.1) is 6.61 Å². The Labute approximate surface area is 129 Å². The quantitative estimate of drug-likeness (QED) is 0.809. The smallest absolute Gasteiger partial charge is 0.299 e. The van der Waals surface area contributed by atoms with Gasteiger partial charge in [-0.15, -0.1) is 5.10 Å². The van der Waals surface area contributed by atoms with Crippen LogP contribution in [0.3, 0.4) is 0 Å². The van der Waals surface area contributed by atoms with Gasteiger partial charge in [-0.25, -0.2) is 0 Å². The predicted octanol–water partition coefficient (Wildman–Crippen LogP) is 3.47. The summed E-state index contributed by atoms with van der Waals surface area (Å²) in [5.74, 6) is 2.12. The number of hydrogen-bond acceptors (Lipinski definition) is 6. The molecule has 1 N–H and O–H groups in total. The zero-order valence-electron chi connectivity index (χ0n) is 12.6. The second-order valence-corrected chi connectivity index (χ2v) is 6.02. The summed E-state index contributed by atoms with van der Waals surface area (Å²) in [6.07, 6.45) is 0. The number of ether oxygens (including phenoxy) is 2. The van der Waals surface area contributed by atoms with Gasteiger partial charge in [0, 0.05) is 12.6 Å². The van der Waals surface area contributed by atoms with Gasteiger partial charge in [-0.3, -0.25) is 0 Å². The standard InChI is InChI=1S/C15H21N3O2S/c1-4-19-12-6-5-7-13(8-12)20-15-18-17-14(21-15)10-16-9-11(2)3/h5-8,11,16H,4,9-10H2,1-3H3. The van der Waals surface area contributed by atoms with Crippen molar-refractivity contribution < 1.29 is 9.47 Å². The molecule has 0 aliphatic heterocycles. The maximum Gasteiger partial charge on any atom is 0.299 e. The highest BCUT2D eigenvalue weighted by Crippen LogP contribution is 2.27. The van der Waals surface area contributed by atoms with Gasteiger partial charge in [-0.05, 0) is 31.5 Å². The topological polar surface area (TPSA) is 56.3 Å². The van der Waals surface area contributed by atoms with Crippen LogP contribution in [0.25, 0.3) is 0 Å². The van der Waals surface area contributed by atoms with E-state index < -0.39 is 0 Å². The molecular weight excluding hydrogens is 286 g/mol. The average molecular weight is 307 g/mol. The monoisotopic (exact) mass is 307 g/mol. The molecular formula is C15H21N3O2S. The first-order valence-corrected chi connectivity index (χ1v) is 7.93. The molecule has 21 heavy (non-hydrogen) atoms. The van der Waals surface area contributed by atoms with Crippen molar-refractivity contribution in [1.82, 2.24) is 15.5 Å². The Morgan fingerprint density at radius 2 is 2.05 bits per heavy atom. The van der Waals surface area contributed by atoms with Crippen LogP contribution in [0.1, 0.15) is 25.8 Å². The van der Waals surface area contributed by atoms with E-state index in [9.17, 15) is 0 Å². The third kappa shape index (κ3) is 5.32. The van der Waals surface area contributed by atoms with Crippen LogP contribution in [-0.2, 0) is 6.54 Å². The molecule has 0 fully saturated rings. The molecule has 0 aliphatic rings. The van der Waals surface area contributed by atoms with Crippen molar-refractivity contribution in [2.75, 3.05) is 13.2 Å². The van der Waals surface area contributed by atoms with Crippen molar-refractivity contribution in [2.24, 2.45) is 5.92 Å². The molecule has 2 rings (SSSR count). The van der Waals surface area contributed by atoms with Crippen molar-refractivity contribution in [3.05, 3.63) is 29.3 Å². The van der Waals surface area contributed by atoms with Gasteiger partial charge in [-0.1, -0.05) is 36.3 Å². The van der Waals surface area contributed by atoms with Crippen LogP contribution in [0.4, 0.5) is 0 Å². The van der Waals surface area contributed by atoms with Crippen LogP contribution in [0, 0.1) is 5.92 Å². The average Bonchev–Trinajstić information content (AvgIpc) is 2.87. The minimum absolute atomic E-state index is 0.546. The third-order valence-corrected chi connectivity index (χ3v) is 3.40. The Hall–Kier alpha value is -1.66. The van der Waals surface area contributed by atoms with Crippen LogP contribution in [-0.4, -0.2) is 23.3 Å². The van der Waals surface area contributed by atoms with Gasteiger partial charge in [0.2, 0.25) is 0 Å². The van der Waals surface area contributed by atoms with E-state index in [-0.39, 0.29) is 0 Å². The van der Waals surface area contributed by atoms with Gasteiger partial charge in [0.25, 0.3) is 5.19 Å². The van der Waals surface area contributed by atoms with Gasteiger partial charge in [0.1, 0.15) is 16.5 Å². The van der Waals surface area contributed by atoms with E-state index in [1.54, 1.807) is 0 Å². The second kappa shape index (κ2) is 7.95. The number of hydrogen-bond donors (Lipinski definition) is 1. The Bertz CT molecular complexity index is 557. The molecule has 0 unspecified atom stereocenters. The SMILES string of the molecule is CCOc1cccc(Oc2nnc(CNCC(C)C)s2)c1. The lowest BCUT2D eigenvalue weighted by Crippen LogP contribution is -2.18. The van der Waals surface area contributed by atoms with E-state index >= 15 is 0 Å². The predicted molar refractivity (Wildman–Crippen MR) is 84.1 cm³/mol. The summed E-state index contributed by atoms with van der Waals surface area (Å²) in [6.45, 7) is 8.62. The molecule has 0 amide bonds. The van der Waals surface area contributed by atoms with Crippen LogP contribution in [0.5, 0.6) is 16.7 Å². The molecule has 5 nitrogen and oxygen atoms in total. The van der Waals surface area contributed by atoms with Crippen LogP contribution >= 0.6 is 11.3 Å². The molecule has 114 valence electrons. The molecule has 1 aromatic heterocycles. The van der Waals surface area contributed by atoms with E-state index in [2.05, 4.69) is 29.4 Å². The lowest BCUT2D eigenvalue weighted by Gasteiger charge is -2.05. The molecule has 0 saturated carbocycles. The first-order valence-electron chi connectivity index (χ1n) is 7.11. The maximum atomic E-state index is 5.71. The summed E-state index contributed by atoms with van der Waals surface area (Å²) < 4.78 is 11.2. The highest BCUT2D eigenvalue weighted by atomic mass is 32.1. The van der Waals surface area contributed by atoms with E-state index in [0.717, 1.165) is 23.8 Å². The van der Waals surface area contributed by atoms with Crippen molar-refractivity contribution in [3.8, 4) is 16.7 Å². The van der Waals surface area contributed by atoms with E-state index in [0.29, 0.717) is 23.5 Å². The Morgan fingerprint density at radius 3 is 2.81 bits per heavy atom. The summed E-state index contributed by atoms with van der Waals surface area (Å²) in [4.78, 5) is 0.